The van der Waals surface area contributed by atoms with Crippen LogP contribution < -0.4 is 0 Å². The van der Waals surface area contributed by atoms with Gasteiger partial charge in [0.25, 0.3) is 0 Å². The van der Waals surface area contributed by atoms with E-state index in [9.17, 15) is 13.2 Å². The highest BCUT2D eigenvalue weighted by Crippen LogP contribution is 2.36. The smallest absolute Gasteiger partial charge is 0.396 e. The van der Waals surface area contributed by atoms with Gasteiger partial charge in [-0.1, -0.05) is 28.9 Å². The maximum Gasteiger partial charge on any atom is 0.417 e. The van der Waals surface area contributed by atoms with Crippen LogP contribution in [0.5, 0.6) is 0 Å². The number of rotatable bonds is 2. The molecule has 0 saturated heterocycles. The molecule has 5 heteroatoms. The van der Waals surface area contributed by atoms with Gasteiger partial charge in [0, 0.05) is 17.0 Å². The van der Waals surface area contributed by atoms with E-state index in [2.05, 4.69) is 15.9 Å². The van der Waals surface area contributed by atoms with E-state index in [0.29, 0.717) is 5.56 Å². The minimum absolute atomic E-state index is 0.0175. The molecule has 1 atom stereocenters. The number of alkyl halides is 3. The fourth-order valence-electron chi connectivity index (χ4n) is 1.17. The van der Waals surface area contributed by atoms with Crippen molar-refractivity contribution in [3.8, 4) is 0 Å². The Morgan fingerprint density at radius 2 is 2.00 bits per heavy atom. The third-order valence-electron chi connectivity index (χ3n) is 2.14. The normalized spacial score (nSPS) is 14.0. The zero-order chi connectivity index (χ0) is 11.6. The van der Waals surface area contributed by atoms with Gasteiger partial charge < -0.3 is 5.11 Å². The average Bonchev–Trinajstić information content (AvgIpc) is 2.15. The summed E-state index contributed by atoms with van der Waals surface area (Å²) in [6, 6.07) is 3.98. The highest BCUT2D eigenvalue weighted by atomic mass is 79.9. The molecule has 84 valence electrons. The summed E-state index contributed by atoms with van der Waals surface area (Å²) < 4.78 is 37.5. The lowest BCUT2D eigenvalue weighted by Crippen LogP contribution is -2.08. The molecule has 0 heterocycles. The van der Waals surface area contributed by atoms with Crippen molar-refractivity contribution in [2.45, 2.75) is 19.0 Å². The number of aliphatic hydroxyl groups is 1. The van der Waals surface area contributed by atoms with Crippen LogP contribution in [0.3, 0.4) is 0 Å². The number of benzene rings is 1. The molecule has 0 aliphatic carbocycles. The molecule has 0 bridgehead atoms. The summed E-state index contributed by atoms with van der Waals surface area (Å²) in [5, 5.41) is 8.86. The molecule has 1 rings (SSSR count). The molecule has 1 aromatic rings. The third-order valence-corrected chi connectivity index (χ3v) is 2.83. The number of aliphatic hydroxyl groups excluding tert-OH is 1. The molecule has 1 unspecified atom stereocenters. The summed E-state index contributed by atoms with van der Waals surface area (Å²) in [6.07, 6.45) is -4.37. The van der Waals surface area contributed by atoms with Crippen molar-refractivity contribution in [3.05, 3.63) is 33.8 Å². The van der Waals surface area contributed by atoms with E-state index in [-0.39, 0.29) is 17.0 Å². The first kappa shape index (κ1) is 12.5. The Hall–Kier alpha value is -0.550. The Morgan fingerprint density at radius 3 is 2.47 bits per heavy atom. The van der Waals surface area contributed by atoms with Gasteiger partial charge in [0.15, 0.2) is 0 Å². The second-order valence-corrected chi connectivity index (χ2v) is 4.18. The molecule has 1 aromatic carbocycles. The van der Waals surface area contributed by atoms with Crippen LogP contribution in [0.4, 0.5) is 13.2 Å². The largest absolute Gasteiger partial charge is 0.417 e. The minimum atomic E-state index is -4.37. The zero-order valence-electron chi connectivity index (χ0n) is 7.98. The highest BCUT2D eigenvalue weighted by Gasteiger charge is 2.33. The Kier molecular flexibility index (Phi) is 3.78. The van der Waals surface area contributed by atoms with Gasteiger partial charge in [0.1, 0.15) is 0 Å². The van der Waals surface area contributed by atoms with Crippen LogP contribution in [0.2, 0.25) is 0 Å². The predicted molar refractivity (Wildman–Crippen MR) is 54.6 cm³/mol. The molecule has 0 fully saturated rings. The van der Waals surface area contributed by atoms with Gasteiger partial charge >= 0.3 is 6.18 Å². The Bertz CT molecular complexity index is 349. The van der Waals surface area contributed by atoms with Gasteiger partial charge in [-0.15, -0.1) is 0 Å². The number of halogens is 4. The minimum Gasteiger partial charge on any atom is -0.396 e. The van der Waals surface area contributed by atoms with Gasteiger partial charge in [-0.05, 0) is 17.7 Å². The van der Waals surface area contributed by atoms with Crippen molar-refractivity contribution < 1.29 is 18.3 Å². The number of hydrogen-bond donors (Lipinski definition) is 1. The fourth-order valence-corrected chi connectivity index (χ4v) is 1.64. The van der Waals surface area contributed by atoms with E-state index < -0.39 is 11.7 Å². The Balaban J connectivity index is 3.17. The molecule has 0 amide bonds. The molecular weight excluding hydrogens is 273 g/mol. The van der Waals surface area contributed by atoms with Crippen molar-refractivity contribution in [1.82, 2.24) is 0 Å². The lowest BCUT2D eigenvalue weighted by molar-refractivity contribution is -0.138. The van der Waals surface area contributed by atoms with Gasteiger partial charge in [0.2, 0.25) is 0 Å². The summed E-state index contributed by atoms with van der Waals surface area (Å²) in [4.78, 5) is 0. The first-order chi connectivity index (χ1) is 6.86. The molecule has 1 N–H and O–H groups in total. The van der Waals surface area contributed by atoms with Crippen LogP contribution in [0.25, 0.3) is 0 Å². The quantitative estimate of drug-likeness (QED) is 0.879. The van der Waals surface area contributed by atoms with E-state index in [1.165, 1.54) is 6.07 Å². The summed E-state index contributed by atoms with van der Waals surface area (Å²) in [5.74, 6) is -0.292. The van der Waals surface area contributed by atoms with Crippen molar-refractivity contribution >= 4 is 15.9 Å². The molecule has 1 nitrogen and oxygen atoms in total. The maximum absolute atomic E-state index is 12.5. The van der Waals surface area contributed by atoms with Crippen molar-refractivity contribution in [1.29, 1.82) is 0 Å². The highest BCUT2D eigenvalue weighted by molar-refractivity contribution is 9.10. The van der Waals surface area contributed by atoms with Crippen LogP contribution in [-0.2, 0) is 6.18 Å². The lowest BCUT2D eigenvalue weighted by Gasteiger charge is -2.13. The molecule has 0 aliphatic heterocycles. The second-order valence-electron chi connectivity index (χ2n) is 3.32. The lowest BCUT2D eigenvalue weighted by atomic mass is 10.00. The summed E-state index contributed by atoms with van der Waals surface area (Å²) >= 11 is 2.85. The van der Waals surface area contributed by atoms with E-state index >= 15 is 0 Å². The van der Waals surface area contributed by atoms with Crippen LogP contribution in [-0.4, -0.2) is 11.7 Å². The molecule has 15 heavy (non-hydrogen) atoms. The SMILES string of the molecule is CC(CO)c1ccc(Br)c(C(F)(F)F)c1. The van der Waals surface area contributed by atoms with Crippen LogP contribution in [0, 0.1) is 0 Å². The van der Waals surface area contributed by atoms with Gasteiger partial charge in [0.05, 0.1) is 5.56 Å². The van der Waals surface area contributed by atoms with Gasteiger partial charge in [-0.2, -0.15) is 13.2 Å². The van der Waals surface area contributed by atoms with E-state index in [0.717, 1.165) is 6.07 Å². The standard InChI is InChI=1S/C10H10BrF3O/c1-6(5-15)7-2-3-9(11)8(4-7)10(12,13)14/h2-4,6,15H,5H2,1H3. The summed E-state index contributed by atoms with van der Waals surface area (Å²) in [5.41, 5.74) is -0.228. The molecule has 0 aromatic heterocycles. The van der Waals surface area contributed by atoms with Gasteiger partial charge in [-0.3, -0.25) is 0 Å². The zero-order valence-corrected chi connectivity index (χ0v) is 9.56. The van der Waals surface area contributed by atoms with Crippen molar-refractivity contribution in [2.75, 3.05) is 6.61 Å². The predicted octanol–water partition coefficient (Wildman–Crippen LogP) is 3.56. The van der Waals surface area contributed by atoms with Crippen molar-refractivity contribution in [3.63, 3.8) is 0 Å². The van der Waals surface area contributed by atoms with Crippen LogP contribution in [0.1, 0.15) is 24.0 Å². The first-order valence-corrected chi connectivity index (χ1v) is 5.13. The van der Waals surface area contributed by atoms with Gasteiger partial charge in [-0.25, -0.2) is 0 Å². The fraction of sp³-hybridized carbons (Fsp3) is 0.400. The third kappa shape index (κ3) is 2.95. The first-order valence-electron chi connectivity index (χ1n) is 4.33. The monoisotopic (exact) mass is 282 g/mol. The second kappa shape index (κ2) is 4.53. The maximum atomic E-state index is 12.5. The van der Waals surface area contributed by atoms with E-state index in [4.69, 9.17) is 5.11 Å². The Morgan fingerprint density at radius 1 is 1.40 bits per heavy atom. The Labute approximate surface area is 94.0 Å². The average molecular weight is 283 g/mol. The summed E-state index contributed by atoms with van der Waals surface area (Å²) in [7, 11) is 0. The molecular formula is C10H10BrF3O. The molecule has 0 spiro atoms. The topological polar surface area (TPSA) is 20.2 Å². The molecule has 0 saturated carbocycles. The van der Waals surface area contributed by atoms with E-state index in [1.807, 2.05) is 0 Å². The number of hydrogen-bond acceptors (Lipinski definition) is 1. The van der Waals surface area contributed by atoms with E-state index in [1.54, 1.807) is 13.0 Å². The van der Waals surface area contributed by atoms with Crippen molar-refractivity contribution in [2.24, 2.45) is 0 Å². The summed E-state index contributed by atoms with van der Waals surface area (Å²) in [6.45, 7) is 1.50. The van der Waals surface area contributed by atoms with Crippen LogP contribution >= 0.6 is 15.9 Å². The molecule has 0 aliphatic rings. The van der Waals surface area contributed by atoms with Crippen LogP contribution in [0.15, 0.2) is 22.7 Å². The molecule has 0 radical (unpaired) electrons.